The lowest BCUT2D eigenvalue weighted by molar-refractivity contribution is 0.233. The molecule has 1 fully saturated rings. The second-order valence-electron chi connectivity index (χ2n) is 11.6. The lowest BCUT2D eigenvalue weighted by Gasteiger charge is -2.30. The highest BCUT2D eigenvalue weighted by molar-refractivity contribution is 5.40. The molecule has 33 heavy (non-hydrogen) atoms. The molecule has 4 heteroatoms. The summed E-state index contributed by atoms with van der Waals surface area (Å²) in [6.45, 7) is 18.7. The van der Waals surface area contributed by atoms with Gasteiger partial charge in [0.15, 0.2) is 0 Å². The summed E-state index contributed by atoms with van der Waals surface area (Å²) in [5, 5.41) is 3.45. The highest BCUT2D eigenvalue weighted by Gasteiger charge is 2.24. The van der Waals surface area contributed by atoms with E-state index in [-0.39, 0.29) is 10.8 Å². The van der Waals surface area contributed by atoms with Crippen molar-refractivity contribution in [3.8, 4) is 5.75 Å². The Bertz CT molecular complexity index is 892. The van der Waals surface area contributed by atoms with Gasteiger partial charge in [0, 0.05) is 39.3 Å². The fourth-order valence-electron chi connectivity index (χ4n) is 4.46. The van der Waals surface area contributed by atoms with Crippen LogP contribution in [0.15, 0.2) is 42.5 Å². The zero-order valence-corrected chi connectivity index (χ0v) is 22.0. The first-order valence-electron chi connectivity index (χ1n) is 12.5. The van der Waals surface area contributed by atoms with Crippen LogP contribution in [0.1, 0.15) is 56.9 Å². The molecule has 2 aromatic rings. The summed E-state index contributed by atoms with van der Waals surface area (Å²) in [6.07, 6.45) is 0.984. The SMILES string of the molecule is CN(C)CCOc1cc(CC(C)(C)c2cccc(CN3CCNCC3)c2)cc(C(C)(C)C)c1. The van der Waals surface area contributed by atoms with E-state index in [4.69, 9.17) is 4.74 Å². The monoisotopic (exact) mass is 451 g/mol. The molecule has 1 N–H and O–H groups in total. The number of rotatable bonds is 9. The maximum atomic E-state index is 6.16. The number of likely N-dealkylation sites (N-methyl/N-ethyl adjacent to an activating group) is 1. The predicted octanol–water partition coefficient (Wildman–Crippen LogP) is 4.85. The number of ether oxygens (including phenoxy) is 1. The summed E-state index contributed by atoms with van der Waals surface area (Å²) in [5.74, 6) is 0.988. The molecule has 0 unspecified atom stereocenters. The van der Waals surface area contributed by atoms with Gasteiger partial charge in [-0.15, -0.1) is 0 Å². The van der Waals surface area contributed by atoms with E-state index in [1.807, 2.05) is 0 Å². The molecule has 2 aromatic carbocycles. The first-order valence-corrected chi connectivity index (χ1v) is 12.5. The van der Waals surface area contributed by atoms with Crippen molar-refractivity contribution in [3.63, 3.8) is 0 Å². The van der Waals surface area contributed by atoms with Crippen LogP contribution in [0.2, 0.25) is 0 Å². The van der Waals surface area contributed by atoms with Gasteiger partial charge in [-0.25, -0.2) is 0 Å². The van der Waals surface area contributed by atoms with E-state index in [9.17, 15) is 0 Å². The highest BCUT2D eigenvalue weighted by atomic mass is 16.5. The molecule has 0 saturated carbocycles. The van der Waals surface area contributed by atoms with Crippen LogP contribution >= 0.6 is 0 Å². The van der Waals surface area contributed by atoms with Crippen LogP contribution in [-0.2, 0) is 23.8 Å². The van der Waals surface area contributed by atoms with Gasteiger partial charge < -0.3 is 15.0 Å². The lowest BCUT2D eigenvalue weighted by Crippen LogP contribution is -2.42. The fourth-order valence-corrected chi connectivity index (χ4v) is 4.46. The number of hydrogen-bond acceptors (Lipinski definition) is 4. The van der Waals surface area contributed by atoms with Crippen LogP contribution in [0.25, 0.3) is 0 Å². The maximum Gasteiger partial charge on any atom is 0.119 e. The van der Waals surface area contributed by atoms with Gasteiger partial charge in [-0.1, -0.05) is 65.0 Å². The topological polar surface area (TPSA) is 27.7 Å². The number of benzene rings is 2. The largest absolute Gasteiger partial charge is 0.492 e. The van der Waals surface area contributed by atoms with Crippen LogP contribution in [-0.4, -0.2) is 63.2 Å². The molecule has 182 valence electrons. The Labute approximate surface area is 202 Å². The molecule has 0 atom stereocenters. The molecular formula is C29H45N3O. The van der Waals surface area contributed by atoms with Crippen LogP contribution in [0, 0.1) is 0 Å². The Balaban J connectivity index is 1.79. The van der Waals surface area contributed by atoms with E-state index in [1.165, 1.54) is 22.3 Å². The Kier molecular flexibility index (Phi) is 8.60. The van der Waals surface area contributed by atoms with Gasteiger partial charge >= 0.3 is 0 Å². The Morgan fingerprint density at radius 3 is 2.27 bits per heavy atom. The van der Waals surface area contributed by atoms with Crippen molar-refractivity contribution in [1.29, 1.82) is 0 Å². The standard InChI is InChI=1S/C29H45N3O/c1-28(2,3)26-18-24(19-27(20-26)33-16-15-31(6)7)21-29(4,5)25-10-8-9-23(17-25)22-32-13-11-30-12-14-32/h8-10,17-20,30H,11-16,21-22H2,1-7H3. The van der Waals surface area contributed by atoms with Gasteiger partial charge in [-0.05, 0) is 65.7 Å². The van der Waals surface area contributed by atoms with Gasteiger partial charge in [0.25, 0.3) is 0 Å². The molecule has 0 aliphatic carbocycles. The van der Waals surface area contributed by atoms with Gasteiger partial charge in [0.1, 0.15) is 12.4 Å². The zero-order valence-electron chi connectivity index (χ0n) is 22.0. The summed E-state index contributed by atoms with van der Waals surface area (Å²) in [7, 11) is 4.17. The van der Waals surface area contributed by atoms with Crippen LogP contribution in [0.5, 0.6) is 5.75 Å². The average molecular weight is 452 g/mol. The summed E-state index contributed by atoms with van der Waals surface area (Å²) >= 11 is 0. The van der Waals surface area contributed by atoms with Crippen LogP contribution in [0.3, 0.4) is 0 Å². The fraction of sp³-hybridized carbons (Fsp3) is 0.586. The van der Waals surface area contributed by atoms with E-state index in [2.05, 4.69) is 106 Å². The van der Waals surface area contributed by atoms with Gasteiger partial charge in [-0.2, -0.15) is 0 Å². The summed E-state index contributed by atoms with van der Waals surface area (Å²) < 4.78 is 6.16. The third kappa shape index (κ3) is 7.84. The van der Waals surface area contributed by atoms with Crippen molar-refractivity contribution in [2.45, 2.75) is 58.4 Å². The molecule has 0 radical (unpaired) electrons. The van der Waals surface area contributed by atoms with Crippen molar-refractivity contribution >= 4 is 0 Å². The lowest BCUT2D eigenvalue weighted by atomic mass is 9.77. The maximum absolute atomic E-state index is 6.16. The molecule has 0 spiro atoms. The zero-order chi connectivity index (χ0) is 24.1. The minimum atomic E-state index is 0.0386. The molecule has 0 amide bonds. The molecule has 3 rings (SSSR count). The van der Waals surface area contributed by atoms with Crippen molar-refractivity contribution in [2.24, 2.45) is 0 Å². The van der Waals surface area contributed by atoms with E-state index < -0.39 is 0 Å². The summed E-state index contributed by atoms with van der Waals surface area (Å²) in [5.41, 5.74) is 5.63. The molecular weight excluding hydrogens is 406 g/mol. The van der Waals surface area contributed by atoms with E-state index in [1.54, 1.807) is 0 Å². The third-order valence-electron chi connectivity index (χ3n) is 6.61. The minimum absolute atomic E-state index is 0.0386. The van der Waals surface area contributed by atoms with E-state index in [0.717, 1.165) is 51.4 Å². The van der Waals surface area contributed by atoms with Crippen molar-refractivity contribution < 1.29 is 4.74 Å². The second-order valence-corrected chi connectivity index (χ2v) is 11.6. The van der Waals surface area contributed by atoms with Gasteiger partial charge in [0.2, 0.25) is 0 Å². The van der Waals surface area contributed by atoms with Crippen LogP contribution in [0.4, 0.5) is 0 Å². The Morgan fingerprint density at radius 1 is 0.909 bits per heavy atom. The smallest absolute Gasteiger partial charge is 0.119 e. The average Bonchev–Trinajstić information content (AvgIpc) is 2.73. The Hall–Kier alpha value is -1.88. The molecule has 0 bridgehead atoms. The molecule has 1 aliphatic heterocycles. The van der Waals surface area contributed by atoms with Crippen molar-refractivity contribution in [1.82, 2.24) is 15.1 Å². The van der Waals surface area contributed by atoms with Gasteiger partial charge in [0.05, 0.1) is 0 Å². The summed E-state index contributed by atoms with van der Waals surface area (Å²) in [6, 6.07) is 16.1. The molecule has 1 aliphatic rings. The second kappa shape index (κ2) is 11.0. The van der Waals surface area contributed by atoms with Crippen LogP contribution < -0.4 is 10.1 Å². The number of hydrogen-bond donors (Lipinski definition) is 1. The highest BCUT2D eigenvalue weighted by Crippen LogP contribution is 2.33. The van der Waals surface area contributed by atoms with Crippen molar-refractivity contribution in [3.05, 3.63) is 64.7 Å². The number of nitrogens with one attached hydrogen (secondary N) is 1. The quantitative estimate of drug-likeness (QED) is 0.590. The number of piperazine rings is 1. The summed E-state index contributed by atoms with van der Waals surface area (Å²) in [4.78, 5) is 4.71. The predicted molar refractivity (Wildman–Crippen MR) is 141 cm³/mol. The molecule has 4 nitrogen and oxygen atoms in total. The molecule has 0 aromatic heterocycles. The van der Waals surface area contributed by atoms with Gasteiger partial charge in [-0.3, -0.25) is 4.90 Å². The van der Waals surface area contributed by atoms with E-state index >= 15 is 0 Å². The van der Waals surface area contributed by atoms with Crippen molar-refractivity contribution in [2.75, 3.05) is 53.4 Å². The van der Waals surface area contributed by atoms with E-state index in [0.29, 0.717) is 6.61 Å². The minimum Gasteiger partial charge on any atom is -0.492 e. The normalized spacial score (nSPS) is 15.8. The Morgan fingerprint density at radius 2 is 1.61 bits per heavy atom. The molecule has 1 heterocycles. The first-order chi connectivity index (χ1) is 15.5. The number of nitrogens with zero attached hydrogens (tertiary/aromatic N) is 2. The first kappa shape index (κ1) is 25.7. The third-order valence-corrected chi connectivity index (χ3v) is 6.61. The molecule has 1 saturated heterocycles.